The number of hydrogen-bond donors (Lipinski definition) is 1. The van der Waals surface area contributed by atoms with Crippen molar-refractivity contribution in [3.63, 3.8) is 0 Å². The number of hydrogen-bond acceptors (Lipinski definition) is 4. The summed E-state index contributed by atoms with van der Waals surface area (Å²) in [6.07, 6.45) is 1.70. The fourth-order valence-corrected chi connectivity index (χ4v) is 0.945. The normalized spacial score (nSPS) is 9.85. The molecule has 0 amide bonds. The quantitative estimate of drug-likeness (QED) is 0.724. The van der Waals surface area contributed by atoms with Crippen LogP contribution in [0, 0.1) is 0 Å². The lowest BCUT2D eigenvalue weighted by molar-refractivity contribution is 0.881. The Morgan fingerprint density at radius 3 is 2.92 bits per heavy atom. The topological polar surface area (TPSA) is 67.3 Å². The Balaban J connectivity index is 2.34. The minimum Gasteiger partial charge on any atom is -0.256 e. The lowest BCUT2D eigenvalue weighted by Crippen LogP contribution is -1.91. The molecule has 5 nitrogen and oxygen atoms in total. The molecular weight excluding hydrogens is 166 g/mol. The summed E-state index contributed by atoms with van der Waals surface area (Å²) in [5, 5.41) is 13.4. The first kappa shape index (κ1) is 7.60. The SMILES string of the molecule is C=C(c1ccccn1)c1nn[nH]n1. The Morgan fingerprint density at radius 1 is 1.38 bits per heavy atom. The van der Waals surface area contributed by atoms with Crippen LogP contribution in [0.15, 0.2) is 31.0 Å². The van der Waals surface area contributed by atoms with E-state index in [0.29, 0.717) is 11.4 Å². The summed E-state index contributed by atoms with van der Waals surface area (Å²) in [5.74, 6) is 0.471. The third-order valence-electron chi connectivity index (χ3n) is 1.59. The van der Waals surface area contributed by atoms with Crippen LogP contribution in [0.3, 0.4) is 0 Å². The molecule has 2 heterocycles. The lowest BCUT2D eigenvalue weighted by atomic mass is 10.2. The molecule has 0 aliphatic heterocycles. The zero-order valence-electron chi connectivity index (χ0n) is 6.81. The molecule has 0 unspecified atom stereocenters. The average Bonchev–Trinajstić information content (AvgIpc) is 2.71. The van der Waals surface area contributed by atoms with Crippen molar-refractivity contribution in [3.8, 4) is 0 Å². The van der Waals surface area contributed by atoms with Gasteiger partial charge in [0.25, 0.3) is 0 Å². The van der Waals surface area contributed by atoms with E-state index in [4.69, 9.17) is 0 Å². The fourth-order valence-electron chi connectivity index (χ4n) is 0.945. The van der Waals surface area contributed by atoms with Crippen LogP contribution in [0.1, 0.15) is 11.5 Å². The molecule has 5 heteroatoms. The molecular formula is C8H7N5. The summed E-state index contributed by atoms with van der Waals surface area (Å²) in [4.78, 5) is 4.11. The van der Waals surface area contributed by atoms with Crippen molar-refractivity contribution >= 4 is 5.57 Å². The molecule has 1 N–H and O–H groups in total. The van der Waals surface area contributed by atoms with E-state index in [1.54, 1.807) is 6.20 Å². The van der Waals surface area contributed by atoms with Crippen LogP contribution in [-0.2, 0) is 0 Å². The summed E-state index contributed by atoms with van der Waals surface area (Å²) in [6, 6.07) is 5.57. The molecule has 2 aromatic heterocycles. The fraction of sp³-hybridized carbons (Fsp3) is 0. The predicted octanol–water partition coefficient (Wildman–Crippen LogP) is 0.656. The highest BCUT2D eigenvalue weighted by atomic mass is 15.5. The smallest absolute Gasteiger partial charge is 0.206 e. The van der Waals surface area contributed by atoms with E-state index in [2.05, 4.69) is 32.2 Å². The highest BCUT2D eigenvalue weighted by Crippen LogP contribution is 2.13. The number of aromatic nitrogens is 5. The van der Waals surface area contributed by atoms with E-state index in [-0.39, 0.29) is 0 Å². The van der Waals surface area contributed by atoms with Gasteiger partial charge in [-0.05, 0) is 17.3 Å². The number of nitrogens with one attached hydrogen (secondary N) is 1. The maximum absolute atomic E-state index is 4.11. The lowest BCUT2D eigenvalue weighted by Gasteiger charge is -1.97. The van der Waals surface area contributed by atoms with Gasteiger partial charge in [0.1, 0.15) is 0 Å². The summed E-state index contributed by atoms with van der Waals surface area (Å²) in [6.45, 7) is 3.82. The van der Waals surface area contributed by atoms with Gasteiger partial charge in [-0.25, -0.2) is 0 Å². The van der Waals surface area contributed by atoms with Gasteiger partial charge in [-0.3, -0.25) is 4.98 Å². The highest BCUT2D eigenvalue weighted by molar-refractivity contribution is 5.71. The van der Waals surface area contributed by atoms with Gasteiger partial charge in [0.05, 0.1) is 5.69 Å². The molecule has 0 spiro atoms. The van der Waals surface area contributed by atoms with Gasteiger partial charge >= 0.3 is 0 Å². The standard InChI is InChI=1S/C8H7N5/c1-6(8-10-12-13-11-8)7-4-2-3-5-9-7/h2-5H,1H2,(H,10,11,12,13). The monoisotopic (exact) mass is 173 g/mol. The van der Waals surface area contributed by atoms with Crippen molar-refractivity contribution in [2.24, 2.45) is 0 Å². The van der Waals surface area contributed by atoms with Gasteiger partial charge in [-0.2, -0.15) is 5.21 Å². The van der Waals surface area contributed by atoms with Crippen LogP contribution >= 0.6 is 0 Å². The highest BCUT2D eigenvalue weighted by Gasteiger charge is 2.06. The van der Waals surface area contributed by atoms with Crippen molar-refractivity contribution in [1.82, 2.24) is 25.6 Å². The molecule has 2 rings (SSSR count). The van der Waals surface area contributed by atoms with Crippen molar-refractivity contribution in [3.05, 3.63) is 42.5 Å². The van der Waals surface area contributed by atoms with E-state index in [1.807, 2.05) is 18.2 Å². The Morgan fingerprint density at radius 2 is 2.31 bits per heavy atom. The third-order valence-corrected chi connectivity index (χ3v) is 1.59. The maximum Gasteiger partial charge on any atom is 0.206 e. The number of nitrogens with zero attached hydrogens (tertiary/aromatic N) is 4. The molecule has 2 aromatic rings. The van der Waals surface area contributed by atoms with Crippen molar-refractivity contribution < 1.29 is 0 Å². The molecule has 0 saturated carbocycles. The second-order valence-corrected chi connectivity index (χ2v) is 2.43. The van der Waals surface area contributed by atoms with Crippen LogP contribution in [0.2, 0.25) is 0 Å². The summed E-state index contributed by atoms with van der Waals surface area (Å²) >= 11 is 0. The summed E-state index contributed by atoms with van der Waals surface area (Å²) in [5.41, 5.74) is 1.42. The maximum atomic E-state index is 4.11. The first-order chi connectivity index (χ1) is 6.38. The molecule has 13 heavy (non-hydrogen) atoms. The van der Waals surface area contributed by atoms with E-state index < -0.39 is 0 Å². The second-order valence-electron chi connectivity index (χ2n) is 2.43. The molecule has 0 fully saturated rings. The number of tetrazole rings is 1. The van der Waals surface area contributed by atoms with E-state index in [1.165, 1.54) is 0 Å². The molecule has 0 radical (unpaired) electrons. The molecule has 0 saturated heterocycles. The third kappa shape index (κ3) is 1.44. The van der Waals surface area contributed by atoms with Gasteiger partial charge in [0, 0.05) is 11.8 Å². The summed E-state index contributed by atoms with van der Waals surface area (Å²) in [7, 11) is 0. The number of pyridine rings is 1. The molecule has 64 valence electrons. The summed E-state index contributed by atoms with van der Waals surface area (Å²) < 4.78 is 0. The number of aromatic amines is 1. The van der Waals surface area contributed by atoms with Crippen LogP contribution in [-0.4, -0.2) is 25.6 Å². The van der Waals surface area contributed by atoms with E-state index in [9.17, 15) is 0 Å². The zero-order valence-corrected chi connectivity index (χ0v) is 6.81. The van der Waals surface area contributed by atoms with Gasteiger partial charge in [0.2, 0.25) is 5.82 Å². The Bertz CT molecular complexity index is 392. The zero-order chi connectivity index (χ0) is 9.10. The van der Waals surface area contributed by atoms with Crippen LogP contribution in [0.4, 0.5) is 0 Å². The second kappa shape index (κ2) is 3.14. The molecule has 0 aliphatic rings. The van der Waals surface area contributed by atoms with E-state index >= 15 is 0 Å². The van der Waals surface area contributed by atoms with Gasteiger partial charge in [0.15, 0.2) is 0 Å². The predicted molar refractivity (Wildman–Crippen MR) is 46.6 cm³/mol. The Kier molecular flexibility index (Phi) is 1.84. The van der Waals surface area contributed by atoms with Crippen LogP contribution in [0.25, 0.3) is 5.57 Å². The Labute approximate surface area is 74.5 Å². The minimum atomic E-state index is 0.471. The van der Waals surface area contributed by atoms with Gasteiger partial charge in [-0.1, -0.05) is 12.6 Å². The average molecular weight is 173 g/mol. The van der Waals surface area contributed by atoms with Crippen molar-refractivity contribution in [2.75, 3.05) is 0 Å². The first-order valence-corrected chi connectivity index (χ1v) is 3.72. The van der Waals surface area contributed by atoms with Crippen LogP contribution in [0.5, 0.6) is 0 Å². The van der Waals surface area contributed by atoms with E-state index in [0.717, 1.165) is 5.69 Å². The largest absolute Gasteiger partial charge is 0.256 e. The van der Waals surface area contributed by atoms with Crippen molar-refractivity contribution in [1.29, 1.82) is 0 Å². The van der Waals surface area contributed by atoms with Gasteiger partial charge < -0.3 is 0 Å². The molecule has 0 aliphatic carbocycles. The van der Waals surface area contributed by atoms with Gasteiger partial charge in [-0.15, -0.1) is 10.2 Å². The number of H-pyrrole nitrogens is 1. The molecule has 0 aromatic carbocycles. The van der Waals surface area contributed by atoms with Crippen molar-refractivity contribution in [2.45, 2.75) is 0 Å². The Hall–Kier alpha value is -2.04. The molecule has 0 bridgehead atoms. The minimum absolute atomic E-state index is 0.471. The number of rotatable bonds is 2. The first-order valence-electron chi connectivity index (χ1n) is 3.72. The van der Waals surface area contributed by atoms with Crippen LogP contribution < -0.4 is 0 Å². The molecule has 0 atom stereocenters.